The second kappa shape index (κ2) is 6.51. The number of amides is 2. The van der Waals surface area contributed by atoms with E-state index in [1.54, 1.807) is 0 Å². The molecule has 3 aliphatic heterocycles. The van der Waals surface area contributed by atoms with Gasteiger partial charge in [-0.25, -0.2) is 14.9 Å². The van der Waals surface area contributed by atoms with Gasteiger partial charge in [0.1, 0.15) is 6.04 Å². The van der Waals surface area contributed by atoms with Gasteiger partial charge >= 0.3 is 0 Å². The van der Waals surface area contributed by atoms with Crippen molar-refractivity contribution >= 4 is 49.4 Å². The highest BCUT2D eigenvalue weighted by atomic mass is 79.9. The Hall–Kier alpha value is -1.54. The van der Waals surface area contributed by atoms with Crippen LogP contribution >= 0.6 is 31.9 Å². The fourth-order valence-electron chi connectivity index (χ4n) is 4.62. The Morgan fingerprint density at radius 1 is 0.741 bits per heavy atom. The minimum absolute atomic E-state index is 0.0949. The summed E-state index contributed by atoms with van der Waals surface area (Å²) >= 11 is 6.89. The van der Waals surface area contributed by atoms with Crippen molar-refractivity contribution in [3.05, 3.63) is 63.0 Å². The Morgan fingerprint density at radius 2 is 1.30 bits per heavy atom. The van der Waals surface area contributed by atoms with Crippen LogP contribution in [0.3, 0.4) is 0 Å². The predicted molar refractivity (Wildman–Crippen MR) is 109 cm³/mol. The number of hydrogen-bond donors (Lipinski definition) is 0. The summed E-state index contributed by atoms with van der Waals surface area (Å²) in [6, 6.07) is 14.9. The van der Waals surface area contributed by atoms with Crippen LogP contribution in [0.1, 0.15) is 18.0 Å². The molecule has 0 aromatic heterocycles. The van der Waals surface area contributed by atoms with Gasteiger partial charge in [0.15, 0.2) is 0 Å². The zero-order valence-electron chi connectivity index (χ0n) is 14.4. The van der Waals surface area contributed by atoms with E-state index in [2.05, 4.69) is 41.9 Å². The van der Waals surface area contributed by atoms with Gasteiger partial charge in [0.25, 0.3) is 5.91 Å². The van der Waals surface area contributed by atoms with E-state index >= 15 is 0 Å². The molecule has 3 aliphatic rings. The van der Waals surface area contributed by atoms with Gasteiger partial charge in [-0.3, -0.25) is 9.59 Å². The summed E-state index contributed by atoms with van der Waals surface area (Å²) in [4.78, 5) is 28.0. The summed E-state index contributed by atoms with van der Waals surface area (Å²) in [5.74, 6) is -0.587. The van der Waals surface area contributed by atoms with Crippen molar-refractivity contribution < 1.29 is 9.59 Å². The van der Waals surface area contributed by atoms with Crippen molar-refractivity contribution in [2.24, 2.45) is 5.92 Å². The molecule has 3 heterocycles. The van der Waals surface area contributed by atoms with E-state index in [-0.39, 0.29) is 23.8 Å². The summed E-state index contributed by atoms with van der Waals surface area (Å²) in [7, 11) is 0. The molecule has 0 spiro atoms. The maximum absolute atomic E-state index is 13.4. The molecule has 3 atom stereocenters. The number of rotatable bonds is 2. The minimum atomic E-state index is -0.405. The fourth-order valence-corrected chi connectivity index (χ4v) is 5.15. The summed E-state index contributed by atoms with van der Waals surface area (Å²) in [6.07, 6.45) is 1.01. The van der Waals surface area contributed by atoms with Gasteiger partial charge in [-0.2, -0.15) is 0 Å². The lowest BCUT2D eigenvalue weighted by atomic mass is 9.90. The third-order valence-corrected chi connectivity index (χ3v) is 6.76. The summed E-state index contributed by atoms with van der Waals surface area (Å²) < 4.78 is 1.92. The zero-order chi connectivity index (χ0) is 18.7. The highest BCUT2D eigenvalue weighted by Gasteiger charge is 2.62. The third-order valence-electron chi connectivity index (χ3n) is 5.70. The van der Waals surface area contributed by atoms with Crippen LogP contribution in [0.4, 0.5) is 5.69 Å². The van der Waals surface area contributed by atoms with Gasteiger partial charge in [0.2, 0.25) is 5.91 Å². The Balaban J connectivity index is 1.57. The smallest absolute Gasteiger partial charge is 0.253 e. The van der Waals surface area contributed by atoms with Crippen LogP contribution in [0.15, 0.2) is 57.5 Å². The number of halogens is 2. The zero-order valence-corrected chi connectivity index (χ0v) is 17.6. The van der Waals surface area contributed by atoms with Crippen molar-refractivity contribution in [3.63, 3.8) is 0 Å². The van der Waals surface area contributed by atoms with Crippen LogP contribution < -0.4 is 4.90 Å². The Bertz CT molecular complexity index is 916. The lowest BCUT2D eigenvalue weighted by molar-refractivity contribution is -0.126. The van der Waals surface area contributed by atoms with Crippen LogP contribution in [-0.2, 0) is 9.59 Å². The quantitative estimate of drug-likeness (QED) is 0.601. The molecule has 7 heteroatoms. The number of hydrogen-bond acceptors (Lipinski definition) is 4. The second-order valence-electron chi connectivity index (χ2n) is 7.14. The number of fused-ring (bicyclic) bond motifs is 3. The molecule has 27 heavy (non-hydrogen) atoms. The van der Waals surface area contributed by atoms with Crippen molar-refractivity contribution in [2.75, 3.05) is 18.0 Å². The summed E-state index contributed by atoms with van der Waals surface area (Å²) in [5.41, 5.74) is 1.72. The number of anilines is 1. The average Bonchev–Trinajstić information content (AvgIpc) is 3.30. The average molecular weight is 491 g/mol. The summed E-state index contributed by atoms with van der Waals surface area (Å²) in [6.45, 7) is 1.70. The lowest BCUT2D eigenvalue weighted by Gasteiger charge is -2.29. The van der Waals surface area contributed by atoms with Gasteiger partial charge in [-0.05, 0) is 48.4 Å². The van der Waals surface area contributed by atoms with Crippen molar-refractivity contribution in [2.45, 2.75) is 18.5 Å². The number of imide groups is 1. The van der Waals surface area contributed by atoms with Crippen molar-refractivity contribution in [1.82, 2.24) is 10.0 Å². The lowest BCUT2D eigenvalue weighted by Crippen LogP contribution is -2.44. The number of hydrazine groups is 1. The molecule has 0 bridgehead atoms. The SMILES string of the molecule is O=C1C2C(C(=O)N1c1ccc(Br)cc1)N1CCCN1C2c1ccc(Br)cc1. The predicted octanol–water partition coefficient (Wildman–Crippen LogP) is 3.75. The molecule has 2 amide bonds. The minimum Gasteiger partial charge on any atom is -0.274 e. The van der Waals surface area contributed by atoms with E-state index in [0.29, 0.717) is 5.69 Å². The van der Waals surface area contributed by atoms with Crippen LogP contribution in [0.5, 0.6) is 0 Å². The molecule has 3 saturated heterocycles. The van der Waals surface area contributed by atoms with Crippen LogP contribution in [0, 0.1) is 5.92 Å². The molecule has 3 unspecified atom stereocenters. The number of carbonyl (C=O) groups is 2. The Morgan fingerprint density at radius 3 is 1.93 bits per heavy atom. The van der Waals surface area contributed by atoms with E-state index in [0.717, 1.165) is 34.0 Å². The highest BCUT2D eigenvalue weighted by Crippen LogP contribution is 2.49. The van der Waals surface area contributed by atoms with Gasteiger partial charge < -0.3 is 0 Å². The van der Waals surface area contributed by atoms with E-state index < -0.39 is 6.04 Å². The molecule has 0 N–H and O–H groups in total. The molecule has 2 aromatic carbocycles. The third kappa shape index (κ3) is 2.63. The molecule has 3 fully saturated rings. The summed E-state index contributed by atoms with van der Waals surface area (Å²) in [5, 5.41) is 4.35. The number of carbonyl (C=O) groups excluding carboxylic acids is 2. The van der Waals surface area contributed by atoms with Gasteiger partial charge in [0, 0.05) is 22.0 Å². The highest BCUT2D eigenvalue weighted by molar-refractivity contribution is 9.10. The first-order valence-electron chi connectivity index (χ1n) is 8.98. The molecule has 0 radical (unpaired) electrons. The molecule has 5 rings (SSSR count). The van der Waals surface area contributed by atoms with E-state index in [4.69, 9.17) is 0 Å². The normalized spacial score (nSPS) is 28.1. The maximum atomic E-state index is 13.4. The molecular formula is C20H17Br2N3O2. The molecular weight excluding hydrogens is 474 g/mol. The molecule has 0 aliphatic carbocycles. The first-order valence-corrected chi connectivity index (χ1v) is 10.6. The van der Waals surface area contributed by atoms with E-state index in [1.807, 2.05) is 48.5 Å². The number of nitrogens with zero attached hydrogens (tertiary/aromatic N) is 3. The first-order chi connectivity index (χ1) is 13.1. The Kier molecular flexibility index (Phi) is 4.23. The van der Waals surface area contributed by atoms with Gasteiger partial charge in [-0.1, -0.05) is 44.0 Å². The van der Waals surface area contributed by atoms with E-state index in [9.17, 15) is 9.59 Å². The van der Waals surface area contributed by atoms with E-state index in [1.165, 1.54) is 4.90 Å². The topological polar surface area (TPSA) is 43.9 Å². The molecule has 5 nitrogen and oxygen atoms in total. The number of benzene rings is 2. The Labute approximate surface area is 174 Å². The van der Waals surface area contributed by atoms with Gasteiger partial charge in [-0.15, -0.1) is 0 Å². The van der Waals surface area contributed by atoms with Crippen molar-refractivity contribution in [3.8, 4) is 0 Å². The first kappa shape index (κ1) is 17.6. The standard InChI is InChI=1S/C20H17Br2N3O2/c21-13-4-2-12(3-5-13)17-16-18(24-11-1-10-23(17)24)20(27)25(19(16)26)15-8-6-14(22)7-9-15/h2-9,16-18H,1,10-11H2. The monoisotopic (exact) mass is 489 g/mol. The largest absolute Gasteiger partial charge is 0.274 e. The van der Waals surface area contributed by atoms with Crippen LogP contribution in [-0.4, -0.2) is 41.0 Å². The molecule has 2 aromatic rings. The maximum Gasteiger partial charge on any atom is 0.253 e. The fraction of sp³-hybridized carbons (Fsp3) is 0.300. The van der Waals surface area contributed by atoms with Crippen molar-refractivity contribution in [1.29, 1.82) is 0 Å². The molecule has 138 valence electrons. The van der Waals surface area contributed by atoms with Crippen LogP contribution in [0.2, 0.25) is 0 Å². The van der Waals surface area contributed by atoms with Crippen LogP contribution in [0.25, 0.3) is 0 Å². The van der Waals surface area contributed by atoms with Gasteiger partial charge in [0.05, 0.1) is 17.6 Å². The second-order valence-corrected chi connectivity index (χ2v) is 8.97. The molecule has 0 saturated carbocycles.